The zero-order valence-corrected chi connectivity index (χ0v) is 16.4. The fourth-order valence-electron chi connectivity index (χ4n) is 2.47. The Labute approximate surface area is 151 Å². The topological polar surface area (TPSA) is 63.0 Å². The van der Waals surface area contributed by atoms with Crippen LogP contribution in [0.5, 0.6) is 0 Å². The Morgan fingerprint density at radius 2 is 1.64 bits per heavy atom. The van der Waals surface area contributed by atoms with Gasteiger partial charge < -0.3 is 0 Å². The molecule has 0 aliphatic heterocycles. The zero-order valence-electron chi connectivity index (χ0n) is 15.5. The molecule has 0 aliphatic rings. The van der Waals surface area contributed by atoms with Crippen LogP contribution in [0.25, 0.3) is 17.0 Å². The van der Waals surface area contributed by atoms with E-state index < -0.39 is 0 Å². The number of nitrogens with zero attached hydrogens (tertiary/aromatic N) is 3. The maximum Gasteiger partial charge on any atom is 0.266 e. The number of H-pyrrole nitrogens is 1. The first-order valence-corrected chi connectivity index (χ1v) is 9.14. The molecule has 0 amide bonds. The number of rotatable bonds is 2. The van der Waals surface area contributed by atoms with E-state index in [0.29, 0.717) is 11.5 Å². The van der Waals surface area contributed by atoms with Gasteiger partial charge in [0.05, 0.1) is 0 Å². The number of aromatic amines is 1. The van der Waals surface area contributed by atoms with Gasteiger partial charge in [0.1, 0.15) is 0 Å². The molecule has 0 aliphatic carbocycles. The van der Waals surface area contributed by atoms with E-state index in [0.717, 1.165) is 10.7 Å². The lowest BCUT2D eigenvalue weighted by atomic mass is 9.87. The molecular formula is C19H24N4OS. The van der Waals surface area contributed by atoms with E-state index in [9.17, 15) is 4.79 Å². The first-order valence-electron chi connectivity index (χ1n) is 8.33. The molecule has 0 atom stereocenters. The van der Waals surface area contributed by atoms with E-state index in [1.165, 1.54) is 11.6 Å². The van der Waals surface area contributed by atoms with Crippen molar-refractivity contribution < 1.29 is 0 Å². The summed E-state index contributed by atoms with van der Waals surface area (Å²) in [5.74, 6) is 0.631. The summed E-state index contributed by atoms with van der Waals surface area (Å²) >= 11 is 1.60. The second-order valence-electron chi connectivity index (χ2n) is 8.19. The molecule has 132 valence electrons. The number of thioether (sulfide) groups is 1. The summed E-state index contributed by atoms with van der Waals surface area (Å²) in [6, 6.07) is 9.82. The number of hydrogen-bond donors (Lipinski definition) is 1. The molecule has 2 heterocycles. The third-order valence-electron chi connectivity index (χ3n) is 3.73. The minimum absolute atomic E-state index is 0.0319. The minimum atomic E-state index is -0.176. The van der Waals surface area contributed by atoms with Crippen LogP contribution in [0.1, 0.15) is 47.1 Å². The average molecular weight is 356 g/mol. The lowest BCUT2D eigenvalue weighted by Crippen LogP contribution is -2.12. The van der Waals surface area contributed by atoms with Crippen LogP contribution in [0.3, 0.4) is 0 Å². The average Bonchev–Trinajstić information content (AvgIpc) is 2.85. The van der Waals surface area contributed by atoms with Crippen molar-refractivity contribution in [2.24, 2.45) is 0 Å². The number of hydrogen-bond acceptors (Lipinski definition) is 4. The number of aromatic nitrogens is 4. The highest BCUT2D eigenvalue weighted by atomic mass is 32.2. The monoisotopic (exact) mass is 356 g/mol. The second-order valence-corrected chi connectivity index (χ2v) is 9.98. The molecular weight excluding hydrogens is 332 g/mol. The molecule has 1 aromatic carbocycles. The largest absolute Gasteiger partial charge is 0.268 e. The smallest absolute Gasteiger partial charge is 0.266 e. The van der Waals surface area contributed by atoms with Gasteiger partial charge in [-0.25, -0.2) is 14.5 Å². The molecule has 3 aromatic rings. The standard InChI is InChI=1S/C19H24N4OS/c1-18(2,3)13-9-7-12(8-10-13)16-20-14-11-15(24)22-23(14)17(21-16)25-19(4,5)6/h7-11H,1-6H3,(H,22,24). The van der Waals surface area contributed by atoms with Crippen molar-refractivity contribution in [3.63, 3.8) is 0 Å². The molecule has 0 bridgehead atoms. The van der Waals surface area contributed by atoms with Gasteiger partial charge in [0, 0.05) is 16.4 Å². The van der Waals surface area contributed by atoms with E-state index in [4.69, 9.17) is 4.98 Å². The Bertz CT molecular complexity index is 956. The van der Waals surface area contributed by atoms with Gasteiger partial charge in [-0.3, -0.25) is 9.89 Å². The molecule has 0 fully saturated rings. The van der Waals surface area contributed by atoms with Crippen LogP contribution in [-0.4, -0.2) is 24.3 Å². The van der Waals surface area contributed by atoms with Gasteiger partial charge in [-0.2, -0.15) is 0 Å². The van der Waals surface area contributed by atoms with E-state index in [1.54, 1.807) is 16.3 Å². The quantitative estimate of drug-likeness (QED) is 0.696. The summed E-state index contributed by atoms with van der Waals surface area (Å²) in [5, 5.41) is 3.50. The maximum atomic E-state index is 11.8. The Balaban J connectivity index is 2.11. The number of benzene rings is 1. The lowest BCUT2D eigenvalue weighted by molar-refractivity contribution is 0.590. The summed E-state index contributed by atoms with van der Waals surface area (Å²) < 4.78 is 1.63. The summed E-state index contributed by atoms with van der Waals surface area (Å²) in [4.78, 5) is 21.0. The van der Waals surface area contributed by atoms with Crippen molar-refractivity contribution in [3.05, 3.63) is 46.2 Å². The molecule has 2 aromatic heterocycles. The fourth-order valence-corrected chi connectivity index (χ4v) is 3.38. The molecule has 1 N–H and O–H groups in total. The van der Waals surface area contributed by atoms with Gasteiger partial charge >= 0.3 is 0 Å². The van der Waals surface area contributed by atoms with Crippen LogP contribution in [0.4, 0.5) is 0 Å². The third kappa shape index (κ3) is 3.95. The fraction of sp³-hybridized carbons (Fsp3) is 0.421. The highest BCUT2D eigenvalue weighted by Gasteiger charge is 2.19. The van der Waals surface area contributed by atoms with Crippen LogP contribution < -0.4 is 5.56 Å². The van der Waals surface area contributed by atoms with Crippen LogP contribution >= 0.6 is 11.8 Å². The first kappa shape index (κ1) is 17.7. The summed E-state index contributed by atoms with van der Waals surface area (Å²) in [7, 11) is 0. The Morgan fingerprint density at radius 3 is 2.20 bits per heavy atom. The molecule has 0 radical (unpaired) electrons. The van der Waals surface area contributed by atoms with Crippen molar-refractivity contribution in [2.45, 2.75) is 56.9 Å². The SMILES string of the molecule is CC(C)(C)Sc1nc(-c2ccc(C(C)(C)C)cc2)nc2cc(=O)[nH]n12. The normalized spacial score (nSPS) is 12.7. The van der Waals surface area contributed by atoms with Gasteiger partial charge in [-0.15, -0.1) is 0 Å². The van der Waals surface area contributed by atoms with Crippen molar-refractivity contribution in [3.8, 4) is 11.4 Å². The van der Waals surface area contributed by atoms with Crippen LogP contribution in [0.15, 0.2) is 40.3 Å². The summed E-state index contributed by atoms with van der Waals surface area (Å²) in [6.45, 7) is 12.9. The molecule has 0 saturated carbocycles. The highest BCUT2D eigenvalue weighted by molar-refractivity contribution is 8.00. The molecule has 5 nitrogen and oxygen atoms in total. The molecule has 25 heavy (non-hydrogen) atoms. The van der Waals surface area contributed by atoms with Crippen LogP contribution in [-0.2, 0) is 5.41 Å². The van der Waals surface area contributed by atoms with E-state index in [2.05, 4.69) is 63.8 Å². The van der Waals surface area contributed by atoms with Crippen molar-refractivity contribution in [1.29, 1.82) is 0 Å². The molecule has 3 rings (SSSR count). The number of nitrogens with one attached hydrogen (secondary N) is 1. The van der Waals surface area contributed by atoms with Gasteiger partial charge in [0.25, 0.3) is 5.56 Å². The molecule has 0 unspecified atom stereocenters. The predicted octanol–water partition coefficient (Wildman–Crippen LogP) is 4.27. The molecule has 0 spiro atoms. The Morgan fingerprint density at radius 1 is 1.00 bits per heavy atom. The van der Waals surface area contributed by atoms with E-state index in [-0.39, 0.29) is 15.7 Å². The van der Waals surface area contributed by atoms with Gasteiger partial charge in [0.2, 0.25) is 0 Å². The Hall–Kier alpha value is -2.08. The second kappa shape index (κ2) is 6.02. The van der Waals surface area contributed by atoms with E-state index in [1.807, 2.05) is 12.1 Å². The summed E-state index contributed by atoms with van der Waals surface area (Å²) in [6.07, 6.45) is 0. The van der Waals surface area contributed by atoms with Gasteiger partial charge in [0.15, 0.2) is 16.6 Å². The van der Waals surface area contributed by atoms with Gasteiger partial charge in [-0.05, 0) is 11.0 Å². The first-order chi connectivity index (χ1) is 11.5. The third-order valence-corrected chi connectivity index (χ3v) is 4.80. The van der Waals surface area contributed by atoms with Crippen LogP contribution in [0.2, 0.25) is 0 Å². The summed E-state index contributed by atoms with van der Waals surface area (Å²) in [5.41, 5.74) is 2.72. The Kier molecular flexibility index (Phi) is 4.27. The number of fused-ring (bicyclic) bond motifs is 1. The van der Waals surface area contributed by atoms with Crippen molar-refractivity contribution in [2.75, 3.05) is 0 Å². The minimum Gasteiger partial charge on any atom is -0.268 e. The van der Waals surface area contributed by atoms with Crippen LogP contribution in [0, 0.1) is 0 Å². The lowest BCUT2D eigenvalue weighted by Gasteiger charge is -2.19. The van der Waals surface area contributed by atoms with Crippen molar-refractivity contribution >= 4 is 17.4 Å². The molecule has 0 saturated heterocycles. The van der Waals surface area contributed by atoms with E-state index >= 15 is 0 Å². The highest BCUT2D eigenvalue weighted by Crippen LogP contribution is 2.32. The predicted molar refractivity (Wildman–Crippen MR) is 103 cm³/mol. The van der Waals surface area contributed by atoms with Crippen molar-refractivity contribution in [1.82, 2.24) is 19.6 Å². The maximum absolute atomic E-state index is 11.8. The molecule has 6 heteroatoms. The zero-order chi connectivity index (χ0) is 18.4. The van der Waals surface area contributed by atoms with Gasteiger partial charge in [-0.1, -0.05) is 77.6 Å².